The summed E-state index contributed by atoms with van der Waals surface area (Å²) in [4.78, 5) is 28.2. The molecule has 0 saturated heterocycles. The Labute approximate surface area is 153 Å². The normalized spacial score (nSPS) is 11.7. The van der Waals surface area contributed by atoms with Crippen molar-refractivity contribution in [3.8, 4) is 5.75 Å². The van der Waals surface area contributed by atoms with Gasteiger partial charge in [-0.3, -0.25) is 9.59 Å². The van der Waals surface area contributed by atoms with Crippen molar-refractivity contribution in [2.24, 2.45) is 4.99 Å². The molecule has 0 amide bonds. The van der Waals surface area contributed by atoms with Crippen molar-refractivity contribution in [1.29, 1.82) is 0 Å². The summed E-state index contributed by atoms with van der Waals surface area (Å²) in [6.45, 7) is 0. The highest BCUT2D eigenvalue weighted by Gasteiger charge is 2.12. The number of nitrogens with zero attached hydrogens (tertiary/aromatic N) is 1. The van der Waals surface area contributed by atoms with E-state index in [-0.39, 0.29) is 11.0 Å². The van der Waals surface area contributed by atoms with Gasteiger partial charge in [-0.2, -0.15) is 0 Å². The highest BCUT2D eigenvalue weighted by molar-refractivity contribution is 9.10. The summed E-state index contributed by atoms with van der Waals surface area (Å²) in [5.41, 5.74) is -1.10. The largest absolute Gasteiger partial charge is 0.869 e. The van der Waals surface area contributed by atoms with Crippen LogP contribution in [0.2, 0.25) is 0 Å². The zero-order valence-electron chi connectivity index (χ0n) is 12.0. The topological polar surface area (TPSA) is 81.6 Å². The van der Waals surface area contributed by atoms with Crippen molar-refractivity contribution in [3.63, 3.8) is 0 Å². The molecule has 3 aromatic rings. The zero-order valence-corrected chi connectivity index (χ0v) is 15.2. The first-order valence-electron chi connectivity index (χ1n) is 6.83. The first kappa shape index (κ1) is 16.6. The van der Waals surface area contributed by atoms with Crippen LogP contribution >= 0.6 is 31.9 Å². The lowest BCUT2D eigenvalue weighted by Crippen LogP contribution is -2.31. The van der Waals surface area contributed by atoms with Crippen molar-refractivity contribution in [2.45, 2.75) is 0 Å². The van der Waals surface area contributed by atoms with Crippen LogP contribution < -0.4 is 26.6 Å². The Morgan fingerprint density at radius 1 is 0.833 bits per heavy atom. The second kappa shape index (κ2) is 6.70. The van der Waals surface area contributed by atoms with Gasteiger partial charge < -0.3 is 10.4 Å². The van der Waals surface area contributed by atoms with E-state index in [1.54, 1.807) is 48.5 Å². The molecule has 0 unspecified atom stereocenters. The fraction of sp³-hybridized carbons (Fsp3) is 0. The van der Waals surface area contributed by atoms with E-state index in [1.807, 2.05) is 0 Å². The van der Waals surface area contributed by atoms with Gasteiger partial charge in [-0.15, -0.1) is 0 Å². The molecule has 24 heavy (non-hydrogen) atoms. The fourth-order valence-corrected chi connectivity index (χ4v) is 2.61. The maximum Gasteiger partial charge on any atom is 0.252 e. The van der Waals surface area contributed by atoms with Crippen molar-refractivity contribution in [3.05, 3.63) is 83.3 Å². The first-order valence-corrected chi connectivity index (χ1v) is 8.42. The van der Waals surface area contributed by atoms with Gasteiger partial charge in [0, 0.05) is 14.6 Å². The molecule has 120 valence electrons. The summed E-state index contributed by atoms with van der Waals surface area (Å²) in [5.74, 6) is -0.698. The number of rotatable bonds is 3. The molecule has 5 nitrogen and oxygen atoms in total. The molecule has 0 bridgehead atoms. The van der Waals surface area contributed by atoms with Crippen molar-refractivity contribution in [2.75, 3.05) is 5.32 Å². The Morgan fingerprint density at radius 2 is 1.38 bits per heavy atom. The van der Waals surface area contributed by atoms with Crippen LogP contribution in [0.25, 0.3) is 0 Å². The molecule has 0 aliphatic heterocycles. The number of anilines is 2. The van der Waals surface area contributed by atoms with Crippen LogP contribution in [0.1, 0.15) is 0 Å². The van der Waals surface area contributed by atoms with E-state index >= 15 is 0 Å². The van der Waals surface area contributed by atoms with Crippen LogP contribution in [-0.2, 0) is 0 Å². The monoisotopic (exact) mass is 447 g/mol. The Balaban J connectivity index is 2.07. The third kappa shape index (κ3) is 3.32. The lowest BCUT2D eigenvalue weighted by molar-refractivity contribution is -0.268. The highest BCUT2D eigenvalue weighted by atomic mass is 79.9. The van der Waals surface area contributed by atoms with Crippen LogP contribution in [-0.4, -0.2) is 0 Å². The molecule has 0 aliphatic carbocycles. The van der Waals surface area contributed by atoms with E-state index in [2.05, 4.69) is 42.2 Å². The molecule has 0 atom stereocenters. The molecule has 3 rings (SSSR count). The lowest BCUT2D eigenvalue weighted by atomic mass is 10.3. The summed E-state index contributed by atoms with van der Waals surface area (Å²) in [6, 6.07) is 13.6. The maximum absolute atomic E-state index is 12.4. The molecule has 0 saturated carbocycles. The van der Waals surface area contributed by atoms with E-state index < -0.39 is 16.6 Å². The summed E-state index contributed by atoms with van der Waals surface area (Å²) in [6.07, 6.45) is 0. The second-order valence-electron chi connectivity index (χ2n) is 4.93. The molecule has 0 radical (unpaired) electrons. The minimum Gasteiger partial charge on any atom is -0.869 e. The summed E-state index contributed by atoms with van der Waals surface area (Å²) < 4.78 is 1.70. The van der Waals surface area contributed by atoms with Crippen LogP contribution in [0.4, 0.5) is 17.1 Å². The Bertz CT molecular complexity index is 1040. The Hall–Kier alpha value is -2.25. The zero-order chi connectivity index (χ0) is 17.3. The molecule has 0 fully saturated rings. The predicted octanol–water partition coefficient (Wildman–Crippen LogP) is 2.86. The van der Waals surface area contributed by atoms with E-state index in [4.69, 9.17) is 0 Å². The van der Waals surface area contributed by atoms with Gasteiger partial charge in [0.25, 0.3) is 10.9 Å². The van der Waals surface area contributed by atoms with Crippen molar-refractivity contribution < 1.29 is 5.11 Å². The lowest BCUT2D eigenvalue weighted by Gasteiger charge is -2.09. The maximum atomic E-state index is 12.4. The molecular weight excluding hydrogens is 440 g/mol. The molecule has 7 heteroatoms. The molecular formula is C17H9Br2N2O3-. The van der Waals surface area contributed by atoms with Gasteiger partial charge in [-0.1, -0.05) is 31.9 Å². The average molecular weight is 449 g/mol. The molecule has 0 aliphatic rings. The van der Waals surface area contributed by atoms with Gasteiger partial charge in [-0.25, -0.2) is 4.99 Å². The number of hydrogen-bond donors (Lipinski definition) is 1. The molecule has 0 heterocycles. The van der Waals surface area contributed by atoms with Gasteiger partial charge in [0.15, 0.2) is 0 Å². The highest BCUT2D eigenvalue weighted by Crippen LogP contribution is 2.21. The van der Waals surface area contributed by atoms with Gasteiger partial charge in [0.2, 0.25) is 0 Å². The number of nitrogens with one attached hydrogen (secondary N) is 1. The smallest absolute Gasteiger partial charge is 0.252 e. The molecule has 0 spiro atoms. The Morgan fingerprint density at radius 3 is 1.96 bits per heavy atom. The van der Waals surface area contributed by atoms with Gasteiger partial charge >= 0.3 is 0 Å². The summed E-state index contributed by atoms with van der Waals surface area (Å²) in [7, 11) is 0. The molecule has 1 N–H and O–H groups in total. The summed E-state index contributed by atoms with van der Waals surface area (Å²) in [5, 5.41) is 14.7. The second-order valence-corrected chi connectivity index (χ2v) is 6.76. The van der Waals surface area contributed by atoms with E-state index in [0.717, 1.165) is 8.95 Å². The van der Waals surface area contributed by atoms with Crippen LogP contribution in [0.5, 0.6) is 5.75 Å². The van der Waals surface area contributed by atoms with Crippen LogP contribution in [0.15, 0.2) is 72.1 Å². The van der Waals surface area contributed by atoms with Crippen LogP contribution in [0, 0.1) is 0 Å². The fourth-order valence-electron chi connectivity index (χ4n) is 2.08. The minimum absolute atomic E-state index is 0.279. The van der Waals surface area contributed by atoms with Crippen molar-refractivity contribution in [1.82, 2.24) is 0 Å². The Kier molecular flexibility index (Phi) is 4.64. The average Bonchev–Trinajstić information content (AvgIpc) is 2.76. The SMILES string of the molecule is O=c1c(Nc2ccc(Br)cc2)c([O-])c(=Nc2ccc(Br)cc2)c1=O. The van der Waals surface area contributed by atoms with Crippen molar-refractivity contribution >= 4 is 48.9 Å². The van der Waals surface area contributed by atoms with Crippen LogP contribution in [0.3, 0.4) is 0 Å². The number of benzene rings is 2. The third-order valence-corrected chi connectivity index (χ3v) is 4.33. The van der Waals surface area contributed by atoms with E-state index in [1.165, 1.54) is 0 Å². The quantitative estimate of drug-likeness (QED) is 0.624. The van der Waals surface area contributed by atoms with Gasteiger partial charge in [0.05, 0.1) is 11.4 Å². The summed E-state index contributed by atoms with van der Waals surface area (Å²) >= 11 is 6.59. The first-order chi connectivity index (χ1) is 11.5. The standard InChI is InChI=1S/C17H10Br2N2O3/c18-9-1-5-11(6-2-9)20-13-15(22)14(17(24)16(13)23)21-12-7-3-10(19)4-8-12/h1-8,20,22H/p-1. The number of halogens is 2. The predicted molar refractivity (Wildman–Crippen MR) is 97.6 cm³/mol. The van der Waals surface area contributed by atoms with Gasteiger partial charge in [0.1, 0.15) is 5.36 Å². The van der Waals surface area contributed by atoms with E-state index in [0.29, 0.717) is 11.4 Å². The number of hydrogen-bond acceptors (Lipinski definition) is 5. The van der Waals surface area contributed by atoms with Gasteiger partial charge in [-0.05, 0) is 54.3 Å². The minimum atomic E-state index is -0.900. The molecule has 3 aromatic carbocycles. The third-order valence-electron chi connectivity index (χ3n) is 3.27. The molecule has 0 aromatic heterocycles. The van der Waals surface area contributed by atoms with E-state index in [9.17, 15) is 14.7 Å².